The van der Waals surface area contributed by atoms with Gasteiger partial charge in [-0.25, -0.2) is 0 Å². The highest BCUT2D eigenvalue weighted by molar-refractivity contribution is 14.1. The lowest BCUT2D eigenvalue weighted by molar-refractivity contribution is -0.112. The summed E-state index contributed by atoms with van der Waals surface area (Å²) in [6, 6.07) is 12.1. The highest BCUT2D eigenvalue weighted by Crippen LogP contribution is 2.29. The SMILES string of the molecule is COc1ccc(NC(=O)/C(C#N)=C\c2cc(I)cc(I)c2O)cc1. The molecule has 2 rings (SSSR count). The second-order valence-corrected chi connectivity index (χ2v) is 7.09. The van der Waals surface area contributed by atoms with Crippen LogP contribution in [0.15, 0.2) is 42.0 Å². The van der Waals surface area contributed by atoms with Crippen molar-refractivity contribution in [1.29, 1.82) is 5.26 Å². The summed E-state index contributed by atoms with van der Waals surface area (Å²) in [5.74, 6) is 0.166. The van der Waals surface area contributed by atoms with Crippen LogP contribution in [0.3, 0.4) is 0 Å². The molecular formula is C17H12I2N2O3. The number of aromatic hydroxyl groups is 1. The molecule has 0 heterocycles. The van der Waals surface area contributed by atoms with Gasteiger partial charge in [-0.2, -0.15) is 5.26 Å². The van der Waals surface area contributed by atoms with E-state index in [1.165, 1.54) is 6.08 Å². The number of nitrogens with one attached hydrogen (secondary N) is 1. The average molecular weight is 546 g/mol. The molecule has 5 nitrogen and oxygen atoms in total. The molecule has 2 N–H and O–H groups in total. The Morgan fingerprint density at radius 2 is 1.96 bits per heavy atom. The first-order valence-electron chi connectivity index (χ1n) is 6.70. The molecule has 1 amide bonds. The van der Waals surface area contributed by atoms with Gasteiger partial charge in [0.2, 0.25) is 0 Å². The van der Waals surface area contributed by atoms with E-state index in [9.17, 15) is 15.2 Å². The maximum absolute atomic E-state index is 12.3. The van der Waals surface area contributed by atoms with Crippen LogP contribution >= 0.6 is 45.2 Å². The first-order chi connectivity index (χ1) is 11.4. The van der Waals surface area contributed by atoms with Crippen molar-refractivity contribution in [3.05, 3.63) is 54.7 Å². The van der Waals surface area contributed by atoms with Crippen LogP contribution in [0.5, 0.6) is 11.5 Å². The van der Waals surface area contributed by atoms with Crippen LogP contribution in [-0.2, 0) is 4.79 Å². The number of anilines is 1. The van der Waals surface area contributed by atoms with Crippen molar-refractivity contribution in [2.45, 2.75) is 0 Å². The molecule has 0 fully saturated rings. The highest BCUT2D eigenvalue weighted by atomic mass is 127. The van der Waals surface area contributed by atoms with Crippen molar-refractivity contribution in [1.82, 2.24) is 0 Å². The average Bonchev–Trinajstić information content (AvgIpc) is 2.57. The molecule has 0 spiro atoms. The van der Waals surface area contributed by atoms with Crippen molar-refractivity contribution in [2.24, 2.45) is 0 Å². The number of nitriles is 1. The Morgan fingerprint density at radius 3 is 2.54 bits per heavy atom. The summed E-state index contributed by atoms with van der Waals surface area (Å²) in [6.07, 6.45) is 1.37. The molecular weight excluding hydrogens is 534 g/mol. The van der Waals surface area contributed by atoms with Crippen LogP contribution in [0.2, 0.25) is 0 Å². The minimum absolute atomic E-state index is 0.0426. The third-order valence-corrected chi connectivity index (χ3v) is 4.52. The minimum atomic E-state index is -0.545. The number of benzene rings is 2. The van der Waals surface area contributed by atoms with E-state index in [0.29, 0.717) is 20.6 Å². The lowest BCUT2D eigenvalue weighted by atomic mass is 10.1. The van der Waals surface area contributed by atoms with E-state index >= 15 is 0 Å². The number of carbonyl (C=O) groups excluding carboxylic acids is 1. The smallest absolute Gasteiger partial charge is 0.266 e. The third-order valence-electron chi connectivity index (χ3n) is 3.07. The number of phenolic OH excluding ortho intramolecular Hbond substituents is 1. The summed E-state index contributed by atoms with van der Waals surface area (Å²) in [5, 5.41) is 22.0. The number of nitrogens with zero attached hydrogens (tertiary/aromatic N) is 1. The first-order valence-corrected chi connectivity index (χ1v) is 8.85. The molecule has 0 aliphatic carbocycles. The van der Waals surface area contributed by atoms with Crippen molar-refractivity contribution in [2.75, 3.05) is 12.4 Å². The fraction of sp³-hybridized carbons (Fsp3) is 0.0588. The summed E-state index contributed by atoms with van der Waals surface area (Å²) >= 11 is 4.11. The van der Waals surface area contributed by atoms with Gasteiger partial charge in [0.1, 0.15) is 23.1 Å². The Bertz CT molecular complexity index is 840. The molecule has 0 aliphatic rings. The molecule has 2 aromatic carbocycles. The Labute approximate surface area is 166 Å². The number of phenols is 1. The van der Waals surface area contributed by atoms with E-state index in [2.05, 4.69) is 27.9 Å². The van der Waals surface area contributed by atoms with Gasteiger partial charge in [0, 0.05) is 14.8 Å². The molecule has 0 aliphatic heterocycles. The van der Waals surface area contributed by atoms with Crippen molar-refractivity contribution >= 4 is 62.9 Å². The molecule has 0 saturated carbocycles. The second-order valence-electron chi connectivity index (χ2n) is 4.68. The van der Waals surface area contributed by atoms with Gasteiger partial charge >= 0.3 is 0 Å². The zero-order chi connectivity index (χ0) is 17.7. The number of ether oxygens (including phenoxy) is 1. The van der Waals surface area contributed by atoms with E-state index in [1.54, 1.807) is 43.5 Å². The van der Waals surface area contributed by atoms with Crippen LogP contribution in [0.4, 0.5) is 5.69 Å². The second kappa shape index (κ2) is 8.34. The molecule has 0 aromatic heterocycles. The summed E-state index contributed by atoms with van der Waals surface area (Å²) in [4.78, 5) is 12.3. The quantitative estimate of drug-likeness (QED) is 0.343. The molecule has 0 unspecified atom stereocenters. The van der Waals surface area contributed by atoms with Gasteiger partial charge in [0.15, 0.2) is 0 Å². The molecule has 0 atom stereocenters. The van der Waals surface area contributed by atoms with Gasteiger partial charge in [0.05, 0.1) is 10.7 Å². The van der Waals surface area contributed by atoms with E-state index in [-0.39, 0.29) is 11.3 Å². The van der Waals surface area contributed by atoms with Crippen molar-refractivity contribution in [3.63, 3.8) is 0 Å². The van der Waals surface area contributed by atoms with Gasteiger partial charge in [0.25, 0.3) is 5.91 Å². The van der Waals surface area contributed by atoms with Crippen molar-refractivity contribution < 1.29 is 14.6 Å². The Hall–Kier alpha value is -1.80. The summed E-state index contributed by atoms with van der Waals surface area (Å²) in [6.45, 7) is 0. The van der Waals surface area contributed by atoms with Gasteiger partial charge in [-0.1, -0.05) is 0 Å². The number of hydrogen-bond donors (Lipinski definition) is 2. The number of halogens is 2. The van der Waals surface area contributed by atoms with Crippen LogP contribution in [0.1, 0.15) is 5.56 Å². The van der Waals surface area contributed by atoms with Gasteiger partial charge in [-0.3, -0.25) is 4.79 Å². The number of amides is 1. The fourth-order valence-electron chi connectivity index (χ4n) is 1.87. The van der Waals surface area contributed by atoms with Gasteiger partial charge < -0.3 is 15.2 Å². The maximum Gasteiger partial charge on any atom is 0.266 e. The number of methoxy groups -OCH3 is 1. The summed E-state index contributed by atoms with van der Waals surface area (Å²) in [5.41, 5.74) is 0.870. The van der Waals surface area contributed by atoms with Crippen LogP contribution in [-0.4, -0.2) is 18.1 Å². The number of hydrogen-bond acceptors (Lipinski definition) is 4. The predicted octanol–water partition coefficient (Wildman–Crippen LogP) is 4.16. The Kier molecular flexibility index (Phi) is 6.44. The molecule has 122 valence electrons. The fourth-order valence-corrected chi connectivity index (χ4v) is 3.76. The zero-order valence-electron chi connectivity index (χ0n) is 12.5. The standard InChI is InChI=1S/C17H12I2N2O3/c1-24-14-4-2-13(3-5-14)21-17(23)11(9-20)6-10-7-12(18)8-15(19)16(10)22/h2-8,22H,1H3,(H,21,23)/b11-6-. The topological polar surface area (TPSA) is 82.3 Å². The summed E-state index contributed by atoms with van der Waals surface area (Å²) < 4.78 is 6.60. The molecule has 2 aromatic rings. The largest absolute Gasteiger partial charge is 0.506 e. The maximum atomic E-state index is 12.3. The lowest BCUT2D eigenvalue weighted by Crippen LogP contribution is -2.13. The van der Waals surface area contributed by atoms with Crippen LogP contribution in [0, 0.1) is 18.5 Å². The molecule has 0 bridgehead atoms. The third kappa shape index (κ3) is 4.61. The van der Waals surface area contributed by atoms with Gasteiger partial charge in [-0.05, 0) is 87.7 Å². The molecule has 0 saturated heterocycles. The first kappa shape index (κ1) is 18.5. The van der Waals surface area contributed by atoms with E-state index in [1.807, 2.05) is 28.7 Å². The lowest BCUT2D eigenvalue weighted by Gasteiger charge is -2.07. The number of rotatable bonds is 4. The highest BCUT2D eigenvalue weighted by Gasteiger charge is 2.12. The van der Waals surface area contributed by atoms with E-state index < -0.39 is 5.91 Å². The van der Waals surface area contributed by atoms with Gasteiger partial charge in [-0.15, -0.1) is 0 Å². The van der Waals surface area contributed by atoms with Crippen LogP contribution < -0.4 is 10.1 Å². The monoisotopic (exact) mass is 546 g/mol. The van der Waals surface area contributed by atoms with Crippen molar-refractivity contribution in [3.8, 4) is 17.6 Å². The minimum Gasteiger partial charge on any atom is -0.506 e. The van der Waals surface area contributed by atoms with E-state index in [4.69, 9.17) is 4.74 Å². The molecule has 24 heavy (non-hydrogen) atoms. The zero-order valence-corrected chi connectivity index (χ0v) is 16.8. The van der Waals surface area contributed by atoms with E-state index in [0.717, 1.165) is 3.57 Å². The van der Waals surface area contributed by atoms with Crippen LogP contribution in [0.25, 0.3) is 6.08 Å². The Morgan fingerprint density at radius 1 is 1.29 bits per heavy atom. The molecule has 7 heteroatoms. The predicted molar refractivity (Wildman–Crippen MR) is 109 cm³/mol. The normalized spacial score (nSPS) is 10.8. The molecule has 0 radical (unpaired) electrons. The number of carbonyl (C=O) groups is 1. The Balaban J connectivity index is 2.27. The summed E-state index contributed by atoms with van der Waals surface area (Å²) in [7, 11) is 1.55.